The second-order valence-corrected chi connectivity index (χ2v) is 2.81. The van der Waals surface area contributed by atoms with Crippen LogP contribution in [0.25, 0.3) is 0 Å². The van der Waals surface area contributed by atoms with Crippen LogP contribution in [0, 0.1) is 6.92 Å². The van der Waals surface area contributed by atoms with Gasteiger partial charge in [0.1, 0.15) is 0 Å². The average molecular weight is 164 g/mol. The van der Waals surface area contributed by atoms with Crippen LogP contribution in [0.3, 0.4) is 0 Å². The predicted octanol–water partition coefficient (Wildman–Crippen LogP) is 1.36. The van der Waals surface area contributed by atoms with Gasteiger partial charge in [0.05, 0.1) is 11.4 Å². The minimum absolute atomic E-state index is 0.0563. The van der Waals surface area contributed by atoms with Gasteiger partial charge in [0.25, 0.3) is 0 Å². The topological polar surface area (TPSA) is 69.1 Å². The van der Waals surface area contributed by atoms with E-state index in [1.54, 1.807) is 12.1 Å². The molecular weight excluding hydrogens is 152 g/mol. The van der Waals surface area contributed by atoms with E-state index in [-0.39, 0.29) is 5.78 Å². The molecule has 0 amide bonds. The van der Waals surface area contributed by atoms with Gasteiger partial charge in [-0.2, -0.15) is 0 Å². The summed E-state index contributed by atoms with van der Waals surface area (Å²) in [5.41, 5.74) is 13.6. The largest absolute Gasteiger partial charge is 0.397 e. The SMILES string of the molecule is CC(=O)c1ccc(C)c(N)c1N. The summed E-state index contributed by atoms with van der Waals surface area (Å²) in [6.45, 7) is 3.33. The van der Waals surface area contributed by atoms with E-state index in [1.165, 1.54) is 6.92 Å². The molecule has 0 aliphatic heterocycles. The fourth-order valence-corrected chi connectivity index (χ4v) is 1.05. The molecule has 3 heteroatoms. The number of aryl methyl sites for hydroxylation is 1. The van der Waals surface area contributed by atoms with Gasteiger partial charge in [-0.05, 0) is 25.5 Å². The van der Waals surface area contributed by atoms with E-state index in [9.17, 15) is 4.79 Å². The first-order valence-electron chi connectivity index (χ1n) is 3.69. The average Bonchev–Trinajstić information content (AvgIpc) is 2.00. The molecule has 64 valence electrons. The van der Waals surface area contributed by atoms with E-state index in [0.29, 0.717) is 16.9 Å². The summed E-state index contributed by atoms with van der Waals surface area (Å²) in [6, 6.07) is 3.49. The summed E-state index contributed by atoms with van der Waals surface area (Å²) in [6.07, 6.45) is 0. The molecule has 3 nitrogen and oxygen atoms in total. The number of nitrogen functional groups attached to an aromatic ring is 2. The molecule has 1 aromatic carbocycles. The lowest BCUT2D eigenvalue weighted by Gasteiger charge is -2.07. The Morgan fingerprint density at radius 1 is 1.25 bits per heavy atom. The van der Waals surface area contributed by atoms with Crippen molar-refractivity contribution in [1.29, 1.82) is 0 Å². The summed E-state index contributed by atoms with van der Waals surface area (Å²) >= 11 is 0. The first kappa shape index (κ1) is 8.59. The minimum Gasteiger partial charge on any atom is -0.397 e. The molecule has 1 aromatic rings. The smallest absolute Gasteiger partial charge is 0.161 e. The lowest BCUT2D eigenvalue weighted by molar-refractivity contribution is 0.101. The molecule has 0 unspecified atom stereocenters. The monoisotopic (exact) mass is 164 g/mol. The Hall–Kier alpha value is -1.51. The Kier molecular flexibility index (Phi) is 2.04. The Balaban J connectivity index is 3.36. The number of hydrogen-bond acceptors (Lipinski definition) is 3. The van der Waals surface area contributed by atoms with Gasteiger partial charge in [0.15, 0.2) is 5.78 Å². The number of Topliss-reactive ketones (excluding diaryl/α,β-unsaturated/α-hetero) is 1. The van der Waals surface area contributed by atoms with E-state index in [1.807, 2.05) is 6.92 Å². The zero-order valence-electron chi connectivity index (χ0n) is 7.22. The Labute approximate surface area is 71.4 Å². The molecule has 12 heavy (non-hydrogen) atoms. The molecule has 0 fully saturated rings. The number of ketones is 1. The van der Waals surface area contributed by atoms with Crippen molar-refractivity contribution < 1.29 is 4.79 Å². The quantitative estimate of drug-likeness (QED) is 0.486. The van der Waals surface area contributed by atoms with Gasteiger partial charge in [-0.1, -0.05) is 6.07 Å². The molecule has 4 N–H and O–H groups in total. The van der Waals surface area contributed by atoms with Crippen LogP contribution >= 0.6 is 0 Å². The summed E-state index contributed by atoms with van der Waals surface area (Å²) in [4.78, 5) is 11.0. The zero-order chi connectivity index (χ0) is 9.30. The Bertz CT molecular complexity index is 332. The van der Waals surface area contributed by atoms with Crippen molar-refractivity contribution in [3.8, 4) is 0 Å². The molecule has 1 rings (SSSR count). The van der Waals surface area contributed by atoms with Gasteiger partial charge in [0, 0.05) is 5.56 Å². The maximum Gasteiger partial charge on any atom is 0.161 e. The third kappa shape index (κ3) is 1.25. The van der Waals surface area contributed by atoms with Crippen LogP contribution in [-0.4, -0.2) is 5.78 Å². The van der Waals surface area contributed by atoms with E-state index in [0.717, 1.165) is 5.56 Å². The number of nitrogens with two attached hydrogens (primary N) is 2. The van der Waals surface area contributed by atoms with Crippen LogP contribution in [0.2, 0.25) is 0 Å². The van der Waals surface area contributed by atoms with Crippen LogP contribution in [0.1, 0.15) is 22.8 Å². The molecule has 0 aliphatic rings. The molecule has 0 bridgehead atoms. The molecule has 0 radical (unpaired) electrons. The van der Waals surface area contributed by atoms with Gasteiger partial charge in [0.2, 0.25) is 0 Å². The number of benzene rings is 1. The fourth-order valence-electron chi connectivity index (χ4n) is 1.05. The lowest BCUT2D eigenvalue weighted by atomic mass is 10.0. The maximum absolute atomic E-state index is 11.0. The minimum atomic E-state index is -0.0563. The molecule has 0 saturated heterocycles. The van der Waals surface area contributed by atoms with Gasteiger partial charge < -0.3 is 11.5 Å². The van der Waals surface area contributed by atoms with Crippen molar-refractivity contribution in [1.82, 2.24) is 0 Å². The van der Waals surface area contributed by atoms with Crippen LogP contribution in [-0.2, 0) is 0 Å². The van der Waals surface area contributed by atoms with Crippen LogP contribution < -0.4 is 11.5 Å². The lowest BCUT2D eigenvalue weighted by Crippen LogP contribution is -2.04. The zero-order valence-corrected chi connectivity index (χ0v) is 7.22. The first-order valence-corrected chi connectivity index (χ1v) is 3.69. The summed E-state index contributed by atoms with van der Waals surface area (Å²) in [5.74, 6) is -0.0563. The van der Waals surface area contributed by atoms with E-state index < -0.39 is 0 Å². The van der Waals surface area contributed by atoms with E-state index in [2.05, 4.69) is 0 Å². The first-order chi connectivity index (χ1) is 5.54. The second kappa shape index (κ2) is 2.85. The van der Waals surface area contributed by atoms with Crippen molar-refractivity contribution in [2.24, 2.45) is 0 Å². The molecular formula is C9H12N2O. The molecule has 0 heterocycles. The highest BCUT2D eigenvalue weighted by atomic mass is 16.1. The molecule has 0 aromatic heterocycles. The van der Waals surface area contributed by atoms with Crippen molar-refractivity contribution in [2.75, 3.05) is 11.5 Å². The summed E-state index contributed by atoms with van der Waals surface area (Å²) in [7, 11) is 0. The second-order valence-electron chi connectivity index (χ2n) is 2.81. The summed E-state index contributed by atoms with van der Waals surface area (Å²) in [5, 5.41) is 0. The standard InChI is InChI=1S/C9H12N2O/c1-5-3-4-7(6(2)12)9(11)8(5)10/h3-4H,10-11H2,1-2H3. The Morgan fingerprint density at radius 3 is 2.33 bits per heavy atom. The summed E-state index contributed by atoms with van der Waals surface area (Å²) < 4.78 is 0. The number of carbonyl (C=O) groups is 1. The molecule has 0 saturated carbocycles. The number of hydrogen-bond donors (Lipinski definition) is 2. The maximum atomic E-state index is 11.0. The van der Waals surface area contributed by atoms with Crippen LogP contribution in [0.5, 0.6) is 0 Å². The number of rotatable bonds is 1. The van der Waals surface area contributed by atoms with Crippen molar-refractivity contribution in [2.45, 2.75) is 13.8 Å². The van der Waals surface area contributed by atoms with Gasteiger partial charge in [-0.25, -0.2) is 0 Å². The van der Waals surface area contributed by atoms with Crippen molar-refractivity contribution in [3.05, 3.63) is 23.3 Å². The predicted molar refractivity (Wildman–Crippen MR) is 50.0 cm³/mol. The van der Waals surface area contributed by atoms with Crippen molar-refractivity contribution in [3.63, 3.8) is 0 Å². The Morgan fingerprint density at radius 2 is 1.83 bits per heavy atom. The fraction of sp³-hybridized carbons (Fsp3) is 0.222. The van der Waals surface area contributed by atoms with Crippen LogP contribution in [0.4, 0.5) is 11.4 Å². The van der Waals surface area contributed by atoms with Gasteiger partial charge in [-0.15, -0.1) is 0 Å². The highest BCUT2D eigenvalue weighted by Gasteiger charge is 2.08. The van der Waals surface area contributed by atoms with Gasteiger partial charge in [-0.3, -0.25) is 4.79 Å². The van der Waals surface area contributed by atoms with Gasteiger partial charge >= 0.3 is 0 Å². The molecule has 0 spiro atoms. The third-order valence-corrected chi connectivity index (χ3v) is 1.88. The number of anilines is 2. The highest BCUT2D eigenvalue weighted by molar-refractivity contribution is 6.01. The van der Waals surface area contributed by atoms with Crippen molar-refractivity contribution >= 4 is 17.2 Å². The molecule has 0 aliphatic carbocycles. The van der Waals surface area contributed by atoms with E-state index in [4.69, 9.17) is 11.5 Å². The third-order valence-electron chi connectivity index (χ3n) is 1.88. The van der Waals surface area contributed by atoms with E-state index >= 15 is 0 Å². The highest BCUT2D eigenvalue weighted by Crippen LogP contribution is 2.23. The molecule has 0 atom stereocenters. The normalized spacial score (nSPS) is 9.83. The number of carbonyl (C=O) groups excluding carboxylic acids is 1. The van der Waals surface area contributed by atoms with Crippen LogP contribution in [0.15, 0.2) is 12.1 Å².